The molecule has 9 heteroatoms. The van der Waals surface area contributed by atoms with Gasteiger partial charge in [0.25, 0.3) is 0 Å². The Labute approximate surface area is 182 Å². The molecule has 3 heterocycles. The maximum absolute atomic E-state index is 5.42. The van der Waals surface area contributed by atoms with Crippen LogP contribution in [0.3, 0.4) is 0 Å². The van der Waals surface area contributed by atoms with Crippen LogP contribution in [0.2, 0.25) is 0 Å². The highest BCUT2D eigenvalue weighted by molar-refractivity contribution is 9.10. The maximum Gasteiger partial charge on any atom is 0.225 e. The number of anilines is 3. The molecule has 0 fully saturated rings. The Morgan fingerprint density at radius 3 is 2.67 bits per heavy atom. The Balaban J connectivity index is 1.43. The van der Waals surface area contributed by atoms with Crippen LogP contribution >= 0.6 is 15.9 Å². The van der Waals surface area contributed by atoms with Crippen molar-refractivity contribution in [3.8, 4) is 11.3 Å². The lowest BCUT2D eigenvalue weighted by Crippen LogP contribution is -2.11. The van der Waals surface area contributed by atoms with Gasteiger partial charge in [-0.2, -0.15) is 10.1 Å². The molecule has 4 rings (SSSR count). The molecule has 0 radical (unpaired) electrons. The molecule has 30 heavy (non-hydrogen) atoms. The lowest BCUT2D eigenvalue weighted by Gasteiger charge is -2.14. The highest BCUT2D eigenvalue weighted by Gasteiger charge is 2.17. The molecule has 3 aromatic heterocycles. The van der Waals surface area contributed by atoms with Gasteiger partial charge in [-0.1, -0.05) is 56.3 Å². The smallest absolute Gasteiger partial charge is 0.225 e. The lowest BCUT2D eigenvalue weighted by molar-refractivity contribution is 0.390. The summed E-state index contributed by atoms with van der Waals surface area (Å²) >= 11 is 3.48. The van der Waals surface area contributed by atoms with Gasteiger partial charge in [-0.3, -0.25) is 5.10 Å². The van der Waals surface area contributed by atoms with E-state index in [-0.39, 0.29) is 5.41 Å². The van der Waals surface area contributed by atoms with Crippen LogP contribution in [0, 0.1) is 0 Å². The van der Waals surface area contributed by atoms with Gasteiger partial charge in [0.2, 0.25) is 5.95 Å². The minimum Gasteiger partial charge on any atom is -0.359 e. The van der Waals surface area contributed by atoms with E-state index in [0.717, 1.165) is 21.4 Å². The Morgan fingerprint density at radius 2 is 1.93 bits per heavy atom. The van der Waals surface area contributed by atoms with Crippen molar-refractivity contribution in [1.29, 1.82) is 0 Å². The topological polar surface area (TPSA) is 105 Å². The second kappa shape index (κ2) is 8.27. The molecule has 0 saturated heterocycles. The summed E-state index contributed by atoms with van der Waals surface area (Å²) in [5.41, 5.74) is 2.82. The van der Waals surface area contributed by atoms with Crippen molar-refractivity contribution in [2.45, 2.75) is 32.7 Å². The molecular formula is C21H22BrN7O. The molecule has 4 aromatic rings. The van der Waals surface area contributed by atoms with Gasteiger partial charge < -0.3 is 15.2 Å². The first kappa shape index (κ1) is 20.1. The summed E-state index contributed by atoms with van der Waals surface area (Å²) in [4.78, 5) is 8.83. The minimum atomic E-state index is -0.0156. The predicted octanol–water partition coefficient (Wildman–Crippen LogP) is 5.27. The molecule has 0 atom stereocenters. The molecular weight excluding hydrogens is 446 g/mol. The first-order valence-corrected chi connectivity index (χ1v) is 10.3. The van der Waals surface area contributed by atoms with E-state index in [0.29, 0.717) is 29.9 Å². The molecule has 0 bridgehead atoms. The molecule has 0 unspecified atom stereocenters. The summed E-state index contributed by atoms with van der Waals surface area (Å²) < 4.78 is 6.15. The molecule has 3 N–H and O–H groups in total. The van der Waals surface area contributed by atoms with Gasteiger partial charge in [0.1, 0.15) is 5.69 Å². The van der Waals surface area contributed by atoms with Crippen molar-refractivity contribution in [3.05, 3.63) is 64.6 Å². The number of rotatable bonds is 6. The Bertz CT molecular complexity index is 1130. The zero-order valence-corrected chi connectivity index (χ0v) is 18.5. The quantitative estimate of drug-likeness (QED) is 0.354. The number of halogens is 1. The van der Waals surface area contributed by atoms with Gasteiger partial charge in [0.15, 0.2) is 17.4 Å². The summed E-state index contributed by atoms with van der Waals surface area (Å²) in [6, 6.07) is 13.8. The van der Waals surface area contributed by atoms with E-state index in [9.17, 15) is 0 Å². The third kappa shape index (κ3) is 4.68. The summed E-state index contributed by atoms with van der Waals surface area (Å²) in [6.45, 7) is 6.79. The number of aromatic amines is 1. The zero-order valence-electron chi connectivity index (χ0n) is 16.9. The average Bonchev–Trinajstić information content (AvgIpc) is 3.39. The van der Waals surface area contributed by atoms with Gasteiger partial charge in [-0.05, 0) is 15.9 Å². The van der Waals surface area contributed by atoms with Crippen LogP contribution in [0.1, 0.15) is 32.2 Å². The van der Waals surface area contributed by atoms with Gasteiger partial charge in [0.05, 0.1) is 11.0 Å². The van der Waals surface area contributed by atoms with Crippen molar-refractivity contribution >= 4 is 33.5 Å². The van der Waals surface area contributed by atoms with Crippen LogP contribution in [0.15, 0.2) is 57.7 Å². The largest absolute Gasteiger partial charge is 0.359 e. The van der Waals surface area contributed by atoms with Crippen molar-refractivity contribution in [2.24, 2.45) is 0 Å². The molecule has 0 saturated carbocycles. The van der Waals surface area contributed by atoms with Crippen LogP contribution in [-0.4, -0.2) is 25.3 Å². The van der Waals surface area contributed by atoms with E-state index >= 15 is 0 Å². The van der Waals surface area contributed by atoms with E-state index in [4.69, 9.17) is 4.52 Å². The predicted molar refractivity (Wildman–Crippen MR) is 120 cm³/mol. The number of nitrogens with one attached hydrogen (secondary N) is 3. The van der Waals surface area contributed by atoms with Crippen LogP contribution in [0.5, 0.6) is 0 Å². The molecule has 0 aliphatic carbocycles. The summed E-state index contributed by atoms with van der Waals surface area (Å²) in [7, 11) is 0. The normalized spacial score (nSPS) is 11.5. The molecule has 0 spiro atoms. The number of hydrogen-bond acceptors (Lipinski definition) is 7. The Hall–Kier alpha value is -3.20. The van der Waals surface area contributed by atoms with Gasteiger partial charge in [-0.15, -0.1) is 0 Å². The van der Waals surface area contributed by atoms with E-state index in [1.807, 2.05) is 42.5 Å². The average molecular weight is 468 g/mol. The highest BCUT2D eigenvalue weighted by atomic mass is 79.9. The van der Waals surface area contributed by atoms with Crippen molar-refractivity contribution in [3.63, 3.8) is 0 Å². The summed E-state index contributed by atoms with van der Waals surface area (Å²) in [6.07, 6.45) is 1.69. The third-order valence-corrected chi connectivity index (χ3v) is 5.01. The molecule has 1 aromatic carbocycles. The first-order chi connectivity index (χ1) is 14.4. The van der Waals surface area contributed by atoms with Crippen LogP contribution in [0.25, 0.3) is 11.3 Å². The molecule has 0 aliphatic heterocycles. The second-order valence-corrected chi connectivity index (χ2v) is 8.68. The van der Waals surface area contributed by atoms with Gasteiger partial charge in [-0.25, -0.2) is 4.98 Å². The highest BCUT2D eigenvalue weighted by Crippen LogP contribution is 2.27. The summed E-state index contributed by atoms with van der Waals surface area (Å²) in [5.74, 6) is 2.46. The van der Waals surface area contributed by atoms with E-state index in [2.05, 4.69) is 72.7 Å². The van der Waals surface area contributed by atoms with Crippen LogP contribution < -0.4 is 10.6 Å². The minimum absolute atomic E-state index is 0.0156. The zero-order chi connectivity index (χ0) is 21.1. The maximum atomic E-state index is 5.42. The van der Waals surface area contributed by atoms with Crippen LogP contribution in [-0.2, 0) is 12.0 Å². The third-order valence-electron chi connectivity index (χ3n) is 4.43. The number of benzene rings is 1. The Morgan fingerprint density at radius 1 is 1.13 bits per heavy atom. The SMILES string of the molecule is CC(C)(C)c1cc(Nc2nc(NCc3cc(-c4ccccc4)no3)ncc2Br)n[nH]1. The van der Waals surface area contributed by atoms with Crippen molar-refractivity contribution in [1.82, 2.24) is 25.3 Å². The number of hydrogen-bond donors (Lipinski definition) is 3. The monoisotopic (exact) mass is 467 g/mol. The lowest BCUT2D eigenvalue weighted by atomic mass is 9.92. The van der Waals surface area contributed by atoms with E-state index in [1.165, 1.54) is 0 Å². The number of H-pyrrole nitrogens is 1. The summed E-state index contributed by atoms with van der Waals surface area (Å²) in [5, 5.41) is 17.9. The van der Waals surface area contributed by atoms with Gasteiger partial charge in [0, 0.05) is 35.0 Å². The van der Waals surface area contributed by atoms with Crippen molar-refractivity contribution < 1.29 is 4.52 Å². The van der Waals surface area contributed by atoms with Gasteiger partial charge >= 0.3 is 0 Å². The fraction of sp³-hybridized carbons (Fsp3) is 0.238. The fourth-order valence-corrected chi connectivity index (χ4v) is 3.03. The van der Waals surface area contributed by atoms with Crippen LogP contribution in [0.4, 0.5) is 17.6 Å². The molecule has 0 aliphatic rings. The fourth-order valence-electron chi connectivity index (χ4n) is 2.74. The van der Waals surface area contributed by atoms with E-state index in [1.54, 1.807) is 6.20 Å². The number of aromatic nitrogens is 5. The molecule has 154 valence electrons. The van der Waals surface area contributed by atoms with Crippen molar-refractivity contribution in [2.75, 3.05) is 10.6 Å². The molecule has 0 amide bonds. The standard InChI is InChI=1S/C21H22BrN7O/c1-21(2,3)17-10-18(28-27-17)25-19-15(22)12-24-20(26-19)23-11-14-9-16(29-30-14)13-7-5-4-6-8-13/h4-10,12H,11H2,1-3H3,(H3,23,24,25,26,27,28). The van der Waals surface area contributed by atoms with E-state index < -0.39 is 0 Å². The molecule has 8 nitrogen and oxygen atoms in total. The number of nitrogens with zero attached hydrogens (tertiary/aromatic N) is 4. The first-order valence-electron chi connectivity index (χ1n) is 9.49. The second-order valence-electron chi connectivity index (χ2n) is 7.83. The Kier molecular flexibility index (Phi) is 5.54.